The van der Waals surface area contributed by atoms with Gasteiger partial charge in [0.2, 0.25) is 0 Å². The average molecular weight is 308 g/mol. The summed E-state index contributed by atoms with van der Waals surface area (Å²) in [4.78, 5) is 16.3. The molecule has 0 bridgehead atoms. The molecule has 2 aromatic rings. The zero-order valence-electron chi connectivity index (χ0n) is 12.9. The second-order valence-electron chi connectivity index (χ2n) is 5.66. The quantitative estimate of drug-likeness (QED) is 0.924. The van der Waals surface area contributed by atoms with E-state index in [1.54, 1.807) is 12.3 Å². The van der Waals surface area contributed by atoms with Gasteiger partial charge < -0.3 is 10.1 Å². The van der Waals surface area contributed by atoms with Crippen molar-refractivity contribution in [2.45, 2.75) is 6.42 Å². The van der Waals surface area contributed by atoms with E-state index < -0.39 is 0 Å². The van der Waals surface area contributed by atoms with Crippen molar-refractivity contribution in [3.8, 4) is 0 Å². The van der Waals surface area contributed by atoms with Crippen LogP contribution in [0.4, 0.5) is 0 Å². The van der Waals surface area contributed by atoms with Gasteiger partial charge in [0.15, 0.2) is 0 Å². The van der Waals surface area contributed by atoms with Crippen molar-refractivity contribution in [3.05, 3.63) is 65.5 Å². The van der Waals surface area contributed by atoms with Gasteiger partial charge in [0, 0.05) is 25.3 Å². The summed E-state index contributed by atoms with van der Waals surface area (Å²) in [6.07, 6.45) is 6.74. The maximum absolute atomic E-state index is 12.1. The number of rotatable bonds is 5. The minimum absolute atomic E-state index is 0.129. The van der Waals surface area contributed by atoms with Crippen LogP contribution in [0.25, 0.3) is 12.2 Å². The van der Waals surface area contributed by atoms with Crippen LogP contribution in [-0.2, 0) is 4.74 Å². The fourth-order valence-corrected chi connectivity index (χ4v) is 2.47. The van der Waals surface area contributed by atoms with Crippen LogP contribution in [-0.4, -0.2) is 30.6 Å². The van der Waals surface area contributed by atoms with Gasteiger partial charge in [-0.05, 0) is 23.6 Å². The van der Waals surface area contributed by atoms with Gasteiger partial charge in [-0.15, -0.1) is 0 Å². The highest BCUT2D eigenvalue weighted by molar-refractivity contribution is 5.92. The Morgan fingerprint density at radius 3 is 2.70 bits per heavy atom. The first-order chi connectivity index (χ1) is 11.3. The molecule has 1 amide bonds. The third-order valence-corrected chi connectivity index (χ3v) is 3.86. The maximum atomic E-state index is 12.1. The van der Waals surface area contributed by atoms with Crippen molar-refractivity contribution in [1.82, 2.24) is 10.3 Å². The molecule has 23 heavy (non-hydrogen) atoms. The number of carbonyl (C=O) groups excluding carboxylic acids is 1. The van der Waals surface area contributed by atoms with Crippen molar-refractivity contribution in [3.63, 3.8) is 0 Å². The van der Waals surface area contributed by atoms with E-state index in [0.717, 1.165) is 30.8 Å². The first-order valence-corrected chi connectivity index (χ1v) is 7.86. The molecule has 1 atom stereocenters. The number of benzene rings is 1. The Balaban J connectivity index is 1.55. The fourth-order valence-electron chi connectivity index (χ4n) is 2.47. The molecule has 1 aliphatic rings. The minimum Gasteiger partial charge on any atom is -0.381 e. The van der Waals surface area contributed by atoms with Gasteiger partial charge >= 0.3 is 0 Å². The summed E-state index contributed by atoms with van der Waals surface area (Å²) in [6, 6.07) is 13.7. The van der Waals surface area contributed by atoms with Gasteiger partial charge in [0.05, 0.1) is 6.61 Å². The lowest BCUT2D eigenvalue weighted by Gasteiger charge is -2.09. The largest absolute Gasteiger partial charge is 0.381 e. The van der Waals surface area contributed by atoms with Crippen molar-refractivity contribution in [1.29, 1.82) is 0 Å². The van der Waals surface area contributed by atoms with E-state index in [9.17, 15) is 4.79 Å². The van der Waals surface area contributed by atoms with Gasteiger partial charge in [-0.3, -0.25) is 9.78 Å². The number of carbonyl (C=O) groups is 1. The Morgan fingerprint density at radius 2 is 2.00 bits per heavy atom. The standard InChI is InChI=1S/C19H20N2O2/c22-19(21-13-17-10-11-23-14-17)18-9-8-16(12-20-18)7-6-15-4-2-1-3-5-15/h1-9,12,17H,10-11,13-14H2,(H,21,22)/b7-6-. The summed E-state index contributed by atoms with van der Waals surface area (Å²) in [5, 5.41) is 2.92. The van der Waals surface area contributed by atoms with E-state index in [4.69, 9.17) is 4.74 Å². The molecule has 1 fully saturated rings. The van der Waals surface area contributed by atoms with Gasteiger partial charge in [0.25, 0.3) is 5.91 Å². The highest BCUT2D eigenvalue weighted by Crippen LogP contribution is 2.11. The average Bonchev–Trinajstić information content (AvgIpc) is 3.13. The lowest BCUT2D eigenvalue weighted by Crippen LogP contribution is -2.30. The number of aromatic nitrogens is 1. The van der Waals surface area contributed by atoms with Crippen molar-refractivity contribution in [2.75, 3.05) is 19.8 Å². The molecule has 1 saturated heterocycles. The predicted molar refractivity (Wildman–Crippen MR) is 90.9 cm³/mol. The first-order valence-electron chi connectivity index (χ1n) is 7.86. The first kappa shape index (κ1) is 15.4. The van der Waals surface area contributed by atoms with E-state index >= 15 is 0 Å². The van der Waals surface area contributed by atoms with Crippen LogP contribution in [0.15, 0.2) is 48.7 Å². The van der Waals surface area contributed by atoms with E-state index in [1.165, 1.54) is 0 Å². The summed E-state index contributed by atoms with van der Waals surface area (Å²) in [5.74, 6) is 0.294. The number of hydrogen-bond donors (Lipinski definition) is 1. The topological polar surface area (TPSA) is 51.2 Å². The molecule has 4 nitrogen and oxygen atoms in total. The smallest absolute Gasteiger partial charge is 0.269 e. The van der Waals surface area contributed by atoms with Gasteiger partial charge in [-0.1, -0.05) is 48.6 Å². The minimum atomic E-state index is -0.129. The SMILES string of the molecule is O=C(NCC1CCOC1)c1ccc(/C=C\c2ccccc2)cn1. The molecule has 1 aliphatic heterocycles. The van der Waals surface area contributed by atoms with Crippen LogP contribution >= 0.6 is 0 Å². The Kier molecular flexibility index (Phi) is 5.17. The van der Waals surface area contributed by atoms with Crippen LogP contribution in [0.5, 0.6) is 0 Å². The highest BCUT2D eigenvalue weighted by Gasteiger charge is 2.17. The fraction of sp³-hybridized carbons (Fsp3) is 0.263. The summed E-state index contributed by atoms with van der Waals surface area (Å²) in [5.41, 5.74) is 2.54. The molecule has 3 rings (SSSR count). The highest BCUT2D eigenvalue weighted by atomic mass is 16.5. The van der Waals surface area contributed by atoms with Crippen LogP contribution < -0.4 is 5.32 Å². The maximum Gasteiger partial charge on any atom is 0.269 e. The van der Waals surface area contributed by atoms with E-state index in [1.807, 2.05) is 48.6 Å². The third kappa shape index (κ3) is 4.50. The summed E-state index contributed by atoms with van der Waals surface area (Å²) in [6.45, 7) is 2.17. The molecule has 1 aromatic heterocycles. The number of ether oxygens (including phenoxy) is 1. The molecule has 1 aromatic carbocycles. The Bertz CT molecular complexity index is 660. The molecule has 2 heterocycles. The normalized spacial score (nSPS) is 17.5. The number of nitrogens with zero attached hydrogens (tertiary/aromatic N) is 1. The van der Waals surface area contributed by atoms with Crippen LogP contribution in [0.3, 0.4) is 0 Å². The molecule has 1 unspecified atom stereocenters. The Hall–Kier alpha value is -2.46. The molecule has 0 aliphatic carbocycles. The molecule has 4 heteroatoms. The second kappa shape index (κ2) is 7.70. The van der Waals surface area contributed by atoms with E-state index in [-0.39, 0.29) is 5.91 Å². The lowest BCUT2D eigenvalue weighted by molar-refractivity contribution is 0.0940. The molecular formula is C19H20N2O2. The predicted octanol–water partition coefficient (Wildman–Crippen LogP) is 3.02. The molecule has 0 spiro atoms. The Morgan fingerprint density at radius 1 is 1.17 bits per heavy atom. The summed E-state index contributed by atoms with van der Waals surface area (Å²) >= 11 is 0. The molecule has 0 saturated carbocycles. The zero-order valence-corrected chi connectivity index (χ0v) is 12.9. The second-order valence-corrected chi connectivity index (χ2v) is 5.66. The van der Waals surface area contributed by atoms with Crippen LogP contribution in [0.2, 0.25) is 0 Å². The summed E-state index contributed by atoms with van der Waals surface area (Å²) < 4.78 is 5.30. The Labute approximate surface area is 136 Å². The van der Waals surface area contributed by atoms with Crippen molar-refractivity contribution >= 4 is 18.1 Å². The zero-order chi connectivity index (χ0) is 15.9. The van der Waals surface area contributed by atoms with E-state index in [2.05, 4.69) is 10.3 Å². The summed E-state index contributed by atoms with van der Waals surface area (Å²) in [7, 11) is 0. The number of pyridine rings is 1. The molecule has 118 valence electrons. The number of nitrogens with one attached hydrogen (secondary N) is 1. The van der Waals surface area contributed by atoms with Gasteiger partial charge in [0.1, 0.15) is 5.69 Å². The van der Waals surface area contributed by atoms with Crippen molar-refractivity contribution < 1.29 is 9.53 Å². The van der Waals surface area contributed by atoms with Crippen LogP contribution in [0, 0.1) is 5.92 Å². The van der Waals surface area contributed by atoms with Crippen molar-refractivity contribution in [2.24, 2.45) is 5.92 Å². The third-order valence-electron chi connectivity index (χ3n) is 3.86. The lowest BCUT2D eigenvalue weighted by atomic mass is 10.1. The number of hydrogen-bond acceptors (Lipinski definition) is 3. The van der Waals surface area contributed by atoms with Gasteiger partial charge in [-0.2, -0.15) is 0 Å². The monoisotopic (exact) mass is 308 g/mol. The number of amides is 1. The van der Waals surface area contributed by atoms with Crippen LogP contribution in [0.1, 0.15) is 28.0 Å². The molecular weight excluding hydrogens is 288 g/mol. The van der Waals surface area contributed by atoms with Gasteiger partial charge in [-0.25, -0.2) is 0 Å². The molecule has 0 radical (unpaired) electrons. The molecule has 1 N–H and O–H groups in total. The van der Waals surface area contributed by atoms with E-state index in [0.29, 0.717) is 18.2 Å².